The Balaban J connectivity index is 1.88. The molecular formula is C15H18N2O2S2. The summed E-state index contributed by atoms with van der Waals surface area (Å²) in [4.78, 5) is 20.6. The SMILES string of the molecule is CC(c1cccs1)N(C)c1nc2c(s1)CCCC2C(=O)O. The van der Waals surface area contributed by atoms with Gasteiger partial charge in [0.25, 0.3) is 0 Å². The molecule has 112 valence electrons. The fourth-order valence-corrected chi connectivity index (χ4v) is 4.71. The average Bonchev–Trinajstić information content (AvgIpc) is 3.13. The van der Waals surface area contributed by atoms with Crippen LogP contribution in [0.15, 0.2) is 17.5 Å². The van der Waals surface area contributed by atoms with Crippen LogP contribution in [0.4, 0.5) is 5.13 Å². The van der Waals surface area contributed by atoms with Gasteiger partial charge in [0.05, 0.1) is 11.7 Å². The van der Waals surface area contributed by atoms with Crippen LogP contribution < -0.4 is 4.90 Å². The summed E-state index contributed by atoms with van der Waals surface area (Å²) >= 11 is 3.38. The highest BCUT2D eigenvalue weighted by atomic mass is 32.1. The van der Waals surface area contributed by atoms with Gasteiger partial charge in [-0.2, -0.15) is 0 Å². The number of carboxylic acid groups (broad SMARTS) is 1. The Labute approximate surface area is 132 Å². The summed E-state index contributed by atoms with van der Waals surface area (Å²) in [7, 11) is 2.03. The largest absolute Gasteiger partial charge is 0.481 e. The van der Waals surface area contributed by atoms with Crippen molar-refractivity contribution < 1.29 is 9.90 Å². The minimum Gasteiger partial charge on any atom is -0.481 e. The molecule has 0 saturated heterocycles. The zero-order valence-corrected chi connectivity index (χ0v) is 13.7. The molecule has 2 aromatic rings. The lowest BCUT2D eigenvalue weighted by Crippen LogP contribution is -2.21. The van der Waals surface area contributed by atoms with Gasteiger partial charge in [0.2, 0.25) is 0 Å². The van der Waals surface area contributed by atoms with Crippen LogP contribution in [-0.2, 0) is 11.2 Å². The minimum atomic E-state index is -0.748. The molecule has 1 aliphatic rings. The van der Waals surface area contributed by atoms with Crippen molar-refractivity contribution in [1.82, 2.24) is 4.98 Å². The molecule has 2 atom stereocenters. The number of fused-ring (bicyclic) bond motifs is 1. The van der Waals surface area contributed by atoms with Crippen molar-refractivity contribution in [2.45, 2.75) is 38.1 Å². The summed E-state index contributed by atoms with van der Waals surface area (Å²) in [5, 5.41) is 12.3. The Bertz CT molecular complexity index is 636. The predicted octanol–water partition coefficient (Wildman–Crippen LogP) is 3.91. The molecule has 0 bridgehead atoms. The lowest BCUT2D eigenvalue weighted by atomic mass is 9.91. The summed E-state index contributed by atoms with van der Waals surface area (Å²) in [6.07, 6.45) is 2.60. The fourth-order valence-electron chi connectivity index (χ4n) is 2.68. The van der Waals surface area contributed by atoms with Crippen LogP contribution in [0, 0.1) is 0 Å². The number of aromatic nitrogens is 1. The molecule has 1 aliphatic carbocycles. The van der Waals surface area contributed by atoms with E-state index in [1.165, 1.54) is 4.88 Å². The number of aliphatic carboxylic acids is 1. The Kier molecular flexibility index (Phi) is 3.99. The normalized spacial score (nSPS) is 19.0. The predicted molar refractivity (Wildman–Crippen MR) is 86.6 cm³/mol. The first-order chi connectivity index (χ1) is 10.1. The smallest absolute Gasteiger partial charge is 0.312 e. The van der Waals surface area contributed by atoms with E-state index in [9.17, 15) is 9.90 Å². The first-order valence-corrected chi connectivity index (χ1v) is 8.76. The fraction of sp³-hybridized carbons (Fsp3) is 0.467. The van der Waals surface area contributed by atoms with Gasteiger partial charge in [-0.3, -0.25) is 4.79 Å². The maximum absolute atomic E-state index is 11.4. The van der Waals surface area contributed by atoms with E-state index in [2.05, 4.69) is 34.3 Å². The number of carboxylic acids is 1. The molecule has 0 aromatic carbocycles. The van der Waals surface area contributed by atoms with Gasteiger partial charge in [0.15, 0.2) is 5.13 Å². The lowest BCUT2D eigenvalue weighted by Gasteiger charge is -2.23. The molecule has 2 unspecified atom stereocenters. The first kappa shape index (κ1) is 14.5. The van der Waals surface area contributed by atoms with Crippen LogP contribution >= 0.6 is 22.7 Å². The van der Waals surface area contributed by atoms with E-state index in [-0.39, 0.29) is 6.04 Å². The Morgan fingerprint density at radius 2 is 2.38 bits per heavy atom. The number of hydrogen-bond donors (Lipinski definition) is 1. The summed E-state index contributed by atoms with van der Waals surface area (Å²) in [5.74, 6) is -1.18. The van der Waals surface area contributed by atoms with Crippen LogP contribution in [-0.4, -0.2) is 23.1 Å². The molecule has 0 saturated carbocycles. The van der Waals surface area contributed by atoms with Gasteiger partial charge in [-0.25, -0.2) is 4.98 Å². The summed E-state index contributed by atoms with van der Waals surface area (Å²) < 4.78 is 0. The molecular weight excluding hydrogens is 304 g/mol. The average molecular weight is 322 g/mol. The molecule has 4 nitrogen and oxygen atoms in total. The minimum absolute atomic E-state index is 0.251. The number of anilines is 1. The van der Waals surface area contributed by atoms with E-state index < -0.39 is 11.9 Å². The van der Waals surface area contributed by atoms with E-state index >= 15 is 0 Å². The number of nitrogens with zero attached hydrogens (tertiary/aromatic N) is 2. The van der Waals surface area contributed by atoms with Crippen molar-refractivity contribution in [2.75, 3.05) is 11.9 Å². The highest BCUT2D eigenvalue weighted by Gasteiger charge is 2.31. The quantitative estimate of drug-likeness (QED) is 0.927. The Hall–Kier alpha value is -1.40. The number of rotatable bonds is 4. The van der Waals surface area contributed by atoms with E-state index in [0.717, 1.165) is 28.5 Å². The van der Waals surface area contributed by atoms with E-state index in [1.54, 1.807) is 22.7 Å². The Morgan fingerprint density at radius 3 is 3.05 bits per heavy atom. The molecule has 3 rings (SSSR count). The second kappa shape index (κ2) is 5.77. The number of thiophene rings is 1. The number of hydrogen-bond acceptors (Lipinski definition) is 5. The maximum atomic E-state index is 11.4. The third kappa shape index (κ3) is 2.70. The van der Waals surface area contributed by atoms with Crippen molar-refractivity contribution in [3.05, 3.63) is 33.0 Å². The molecule has 0 fully saturated rings. The zero-order chi connectivity index (χ0) is 15.0. The van der Waals surface area contributed by atoms with E-state index in [0.29, 0.717) is 6.42 Å². The van der Waals surface area contributed by atoms with Gasteiger partial charge in [0, 0.05) is 16.8 Å². The highest BCUT2D eigenvalue weighted by Crippen LogP contribution is 2.39. The van der Waals surface area contributed by atoms with Gasteiger partial charge in [-0.05, 0) is 37.6 Å². The molecule has 0 spiro atoms. The third-order valence-corrected chi connectivity index (χ3v) is 6.34. The monoisotopic (exact) mass is 322 g/mol. The van der Waals surface area contributed by atoms with Crippen molar-refractivity contribution in [1.29, 1.82) is 0 Å². The standard InChI is InChI=1S/C15H18N2O2S2/c1-9(11-7-4-8-20-11)17(2)15-16-13-10(14(18)19)5-3-6-12(13)21-15/h4,7-10H,3,5-6H2,1-2H3,(H,18,19). The zero-order valence-electron chi connectivity index (χ0n) is 12.1. The molecule has 0 radical (unpaired) electrons. The molecule has 21 heavy (non-hydrogen) atoms. The number of carbonyl (C=O) groups is 1. The van der Waals surface area contributed by atoms with Gasteiger partial charge in [-0.15, -0.1) is 22.7 Å². The van der Waals surface area contributed by atoms with Crippen LogP contribution in [0.1, 0.15) is 47.2 Å². The van der Waals surface area contributed by atoms with Crippen molar-refractivity contribution in [2.24, 2.45) is 0 Å². The van der Waals surface area contributed by atoms with Crippen molar-refractivity contribution >= 4 is 33.8 Å². The second-order valence-electron chi connectivity index (χ2n) is 5.39. The molecule has 0 aliphatic heterocycles. The topological polar surface area (TPSA) is 53.4 Å². The maximum Gasteiger partial charge on any atom is 0.312 e. The molecule has 0 amide bonds. The summed E-state index contributed by atoms with van der Waals surface area (Å²) in [6.45, 7) is 2.15. The van der Waals surface area contributed by atoms with Gasteiger partial charge < -0.3 is 10.0 Å². The van der Waals surface area contributed by atoms with Gasteiger partial charge in [0.1, 0.15) is 5.92 Å². The third-order valence-electron chi connectivity index (χ3n) is 4.08. The summed E-state index contributed by atoms with van der Waals surface area (Å²) in [5.41, 5.74) is 0.791. The Morgan fingerprint density at radius 1 is 1.57 bits per heavy atom. The second-order valence-corrected chi connectivity index (χ2v) is 7.43. The van der Waals surface area contributed by atoms with E-state index in [1.807, 2.05) is 7.05 Å². The van der Waals surface area contributed by atoms with Crippen LogP contribution in [0.25, 0.3) is 0 Å². The van der Waals surface area contributed by atoms with Gasteiger partial charge in [-0.1, -0.05) is 6.07 Å². The molecule has 2 heterocycles. The number of thiazole rings is 1. The number of aryl methyl sites for hydroxylation is 1. The van der Waals surface area contributed by atoms with Gasteiger partial charge >= 0.3 is 5.97 Å². The molecule has 6 heteroatoms. The van der Waals surface area contributed by atoms with Crippen LogP contribution in [0.5, 0.6) is 0 Å². The lowest BCUT2D eigenvalue weighted by molar-refractivity contribution is -0.139. The molecule has 2 aromatic heterocycles. The van der Waals surface area contributed by atoms with Crippen LogP contribution in [0.3, 0.4) is 0 Å². The van der Waals surface area contributed by atoms with Crippen molar-refractivity contribution in [3.8, 4) is 0 Å². The first-order valence-electron chi connectivity index (χ1n) is 7.06. The van der Waals surface area contributed by atoms with E-state index in [4.69, 9.17) is 0 Å². The molecule has 1 N–H and O–H groups in total. The van der Waals surface area contributed by atoms with Crippen molar-refractivity contribution in [3.63, 3.8) is 0 Å². The summed E-state index contributed by atoms with van der Waals surface area (Å²) in [6, 6.07) is 4.43. The van der Waals surface area contributed by atoms with Crippen LogP contribution in [0.2, 0.25) is 0 Å². The highest BCUT2D eigenvalue weighted by molar-refractivity contribution is 7.15.